The van der Waals surface area contributed by atoms with Crippen molar-refractivity contribution in [3.63, 3.8) is 0 Å². The Bertz CT molecular complexity index is 809. The molecular weight excluding hydrogens is 380 g/mol. The largest absolute Gasteiger partial charge is 0.380 e. The molecule has 0 amide bonds. The molecule has 3 aromatic rings. The maximum Gasteiger partial charge on any atom is 0.166 e. The van der Waals surface area contributed by atoms with Crippen molar-refractivity contribution in [1.29, 1.82) is 0 Å². The van der Waals surface area contributed by atoms with Gasteiger partial charge in [-0.15, -0.1) is 0 Å². The molecule has 0 aliphatic rings. The summed E-state index contributed by atoms with van der Waals surface area (Å²) in [6.07, 6.45) is 0. The van der Waals surface area contributed by atoms with Crippen LogP contribution in [0, 0.1) is 0 Å². The maximum atomic E-state index is 5.54. The van der Waals surface area contributed by atoms with E-state index in [9.17, 15) is 0 Å². The van der Waals surface area contributed by atoms with E-state index in [4.69, 9.17) is 14.2 Å². The van der Waals surface area contributed by atoms with E-state index in [1.165, 1.54) is 31.4 Å². The topological polar surface area (TPSA) is 27.7 Å². The minimum Gasteiger partial charge on any atom is -0.380 e. The monoisotopic (exact) mass is 409 g/mol. The summed E-state index contributed by atoms with van der Waals surface area (Å²) in [5.41, 5.74) is 3.56. The van der Waals surface area contributed by atoms with Gasteiger partial charge in [-0.1, -0.05) is 36.4 Å². The van der Waals surface area contributed by atoms with Crippen molar-refractivity contribution in [3.05, 3.63) is 89.5 Å². The summed E-state index contributed by atoms with van der Waals surface area (Å²) in [5.74, 6) is 0. The van der Waals surface area contributed by atoms with E-state index in [0.29, 0.717) is 19.8 Å². The van der Waals surface area contributed by atoms with E-state index in [1.54, 1.807) is 14.2 Å². The molecule has 3 aromatic carbocycles. The lowest BCUT2D eigenvalue weighted by atomic mass is 10.2. The van der Waals surface area contributed by atoms with Crippen LogP contribution < -0.4 is 0 Å². The smallest absolute Gasteiger partial charge is 0.166 e. The third kappa shape index (κ3) is 5.94. The first-order chi connectivity index (χ1) is 14.2. The van der Waals surface area contributed by atoms with Crippen LogP contribution in [0.2, 0.25) is 0 Å². The van der Waals surface area contributed by atoms with E-state index in [2.05, 4.69) is 72.8 Å². The normalized spacial score (nSPS) is 11.2. The summed E-state index contributed by atoms with van der Waals surface area (Å²) >= 11 is 0. The van der Waals surface area contributed by atoms with Crippen LogP contribution in [0.25, 0.3) is 0 Å². The van der Waals surface area contributed by atoms with Crippen LogP contribution in [0.4, 0.5) is 0 Å². The van der Waals surface area contributed by atoms with Gasteiger partial charge in [0.05, 0.1) is 30.7 Å². The van der Waals surface area contributed by atoms with Gasteiger partial charge in [0, 0.05) is 20.8 Å². The van der Waals surface area contributed by atoms with E-state index >= 15 is 0 Å². The highest BCUT2D eigenvalue weighted by molar-refractivity contribution is 7.97. The third-order valence-corrected chi connectivity index (χ3v) is 6.80. The molecular formula is C25H29O3S+. The zero-order valence-electron chi connectivity index (χ0n) is 17.4. The molecule has 0 fully saturated rings. The molecule has 0 N–H and O–H groups in total. The number of hydrogen-bond acceptors (Lipinski definition) is 3. The van der Waals surface area contributed by atoms with E-state index in [0.717, 1.165) is 6.61 Å². The number of ether oxygens (including phenoxy) is 3. The van der Waals surface area contributed by atoms with Crippen molar-refractivity contribution in [1.82, 2.24) is 0 Å². The molecule has 4 heteroatoms. The minimum atomic E-state index is -0.175. The Balaban J connectivity index is 1.94. The van der Waals surface area contributed by atoms with Crippen molar-refractivity contribution in [2.75, 3.05) is 20.8 Å². The molecule has 0 radical (unpaired) electrons. The third-order valence-electron chi connectivity index (χ3n) is 4.57. The molecule has 29 heavy (non-hydrogen) atoms. The molecule has 0 saturated heterocycles. The molecule has 152 valence electrons. The first-order valence-corrected chi connectivity index (χ1v) is 11.0. The summed E-state index contributed by atoms with van der Waals surface area (Å²) in [7, 11) is 3.28. The summed E-state index contributed by atoms with van der Waals surface area (Å²) in [4.78, 5) is 3.88. The standard InChI is InChI=1S/C25H29O3S/c1-4-28-19-22-9-15-25(16-10-22)29(23-11-5-20(6-12-23)17-26-2)24-13-7-21(8-14-24)18-27-3/h5-16H,4,17-19H2,1-3H3/q+1. The zero-order chi connectivity index (χ0) is 20.5. The minimum absolute atomic E-state index is 0.175. The van der Waals surface area contributed by atoms with Gasteiger partial charge < -0.3 is 14.2 Å². The second kappa shape index (κ2) is 11.2. The Kier molecular flexibility index (Phi) is 8.32. The number of methoxy groups -OCH3 is 2. The summed E-state index contributed by atoms with van der Waals surface area (Å²) < 4.78 is 16.1. The van der Waals surface area contributed by atoms with Gasteiger partial charge in [-0.2, -0.15) is 0 Å². The predicted octanol–water partition coefficient (Wildman–Crippen LogP) is 5.61. The average molecular weight is 410 g/mol. The molecule has 0 aliphatic carbocycles. The fraction of sp³-hybridized carbons (Fsp3) is 0.280. The van der Waals surface area contributed by atoms with Gasteiger partial charge in [0.25, 0.3) is 0 Å². The maximum absolute atomic E-state index is 5.54. The Morgan fingerprint density at radius 2 is 0.897 bits per heavy atom. The Morgan fingerprint density at radius 3 is 1.21 bits per heavy atom. The Morgan fingerprint density at radius 1 is 0.552 bits per heavy atom. The van der Waals surface area contributed by atoms with Gasteiger partial charge in [-0.25, -0.2) is 0 Å². The molecule has 0 aromatic heterocycles. The molecule has 0 atom stereocenters. The van der Waals surface area contributed by atoms with Crippen molar-refractivity contribution in [2.24, 2.45) is 0 Å². The van der Waals surface area contributed by atoms with Crippen LogP contribution in [-0.2, 0) is 44.9 Å². The Hall–Kier alpha value is -2.11. The average Bonchev–Trinajstić information content (AvgIpc) is 2.76. The molecule has 0 saturated carbocycles. The van der Waals surface area contributed by atoms with Crippen LogP contribution in [0.15, 0.2) is 87.5 Å². The summed E-state index contributed by atoms with van der Waals surface area (Å²) in [5, 5.41) is 0. The van der Waals surface area contributed by atoms with Gasteiger partial charge in [0.2, 0.25) is 0 Å². The van der Waals surface area contributed by atoms with Crippen molar-refractivity contribution < 1.29 is 14.2 Å². The zero-order valence-corrected chi connectivity index (χ0v) is 18.2. The number of rotatable bonds is 10. The molecule has 0 spiro atoms. The second-order valence-electron chi connectivity index (χ2n) is 6.74. The van der Waals surface area contributed by atoms with E-state index in [1.807, 2.05) is 6.92 Å². The van der Waals surface area contributed by atoms with Crippen LogP contribution in [0.5, 0.6) is 0 Å². The lowest BCUT2D eigenvalue weighted by Gasteiger charge is -2.10. The van der Waals surface area contributed by atoms with Gasteiger partial charge in [0.1, 0.15) is 0 Å². The first-order valence-electron chi connectivity index (χ1n) is 9.82. The van der Waals surface area contributed by atoms with Crippen LogP contribution in [-0.4, -0.2) is 20.8 Å². The van der Waals surface area contributed by atoms with Crippen molar-refractivity contribution in [3.8, 4) is 0 Å². The summed E-state index contributed by atoms with van der Waals surface area (Å²) in [6, 6.07) is 26.3. The van der Waals surface area contributed by atoms with Crippen LogP contribution in [0.1, 0.15) is 23.6 Å². The van der Waals surface area contributed by atoms with Crippen LogP contribution >= 0.6 is 0 Å². The predicted molar refractivity (Wildman–Crippen MR) is 118 cm³/mol. The quantitative estimate of drug-likeness (QED) is 0.407. The molecule has 0 aliphatic heterocycles. The van der Waals surface area contributed by atoms with Gasteiger partial charge in [-0.3, -0.25) is 0 Å². The molecule has 3 rings (SSSR count). The molecule has 0 heterocycles. The SMILES string of the molecule is CCOCc1ccc([S+](c2ccc(COC)cc2)c2ccc(COC)cc2)cc1. The molecule has 3 nitrogen and oxygen atoms in total. The lowest BCUT2D eigenvalue weighted by Crippen LogP contribution is -2.06. The lowest BCUT2D eigenvalue weighted by molar-refractivity contribution is 0.134. The highest BCUT2D eigenvalue weighted by atomic mass is 32.2. The van der Waals surface area contributed by atoms with Crippen LogP contribution in [0.3, 0.4) is 0 Å². The summed E-state index contributed by atoms with van der Waals surface area (Å²) in [6.45, 7) is 4.67. The fourth-order valence-corrected chi connectivity index (χ4v) is 5.17. The van der Waals surface area contributed by atoms with Crippen molar-refractivity contribution >= 4 is 10.9 Å². The number of benzene rings is 3. The fourth-order valence-electron chi connectivity index (χ4n) is 3.13. The first kappa shape index (κ1) is 21.6. The van der Waals surface area contributed by atoms with Crippen molar-refractivity contribution in [2.45, 2.75) is 41.4 Å². The van der Waals surface area contributed by atoms with Gasteiger partial charge in [0.15, 0.2) is 14.7 Å². The van der Waals surface area contributed by atoms with Gasteiger partial charge >= 0.3 is 0 Å². The molecule has 0 unspecified atom stereocenters. The van der Waals surface area contributed by atoms with Gasteiger partial charge in [-0.05, 0) is 60.0 Å². The van der Waals surface area contributed by atoms with E-state index in [-0.39, 0.29) is 10.9 Å². The number of hydrogen-bond donors (Lipinski definition) is 0. The highest BCUT2D eigenvalue weighted by Gasteiger charge is 2.28. The Labute approximate surface area is 177 Å². The van der Waals surface area contributed by atoms with E-state index < -0.39 is 0 Å². The second-order valence-corrected chi connectivity index (χ2v) is 8.77. The molecule has 0 bridgehead atoms. The highest BCUT2D eigenvalue weighted by Crippen LogP contribution is 2.32.